The van der Waals surface area contributed by atoms with Gasteiger partial charge < -0.3 is 14.8 Å². The third-order valence-electron chi connectivity index (χ3n) is 3.36. The number of anilines is 1. The Morgan fingerprint density at radius 3 is 2.86 bits per heavy atom. The third kappa shape index (κ3) is 2.81. The van der Waals surface area contributed by atoms with Gasteiger partial charge >= 0.3 is 0 Å². The molecule has 0 fully saturated rings. The van der Waals surface area contributed by atoms with E-state index in [1.165, 1.54) is 0 Å². The van der Waals surface area contributed by atoms with Crippen molar-refractivity contribution < 1.29 is 9.47 Å². The minimum atomic E-state index is 0.603. The molecule has 0 aliphatic heterocycles. The quantitative estimate of drug-likeness (QED) is 0.732. The highest BCUT2D eigenvalue weighted by molar-refractivity contribution is 5.87. The van der Waals surface area contributed by atoms with Crippen LogP contribution in [-0.4, -0.2) is 29.1 Å². The molecule has 1 aromatic heterocycles. The number of nitrogens with one attached hydrogen (secondary N) is 2. The Kier molecular flexibility index (Phi) is 4.09. The zero-order chi connectivity index (χ0) is 15.4. The Balaban J connectivity index is 1.78. The largest absolute Gasteiger partial charge is 0.493 e. The maximum atomic E-state index is 5.60. The second kappa shape index (κ2) is 6.34. The summed E-state index contributed by atoms with van der Waals surface area (Å²) in [5, 5.41) is 14.3. The highest BCUT2D eigenvalue weighted by atomic mass is 16.5. The smallest absolute Gasteiger partial charge is 0.161 e. The Morgan fingerprint density at radius 1 is 1.14 bits per heavy atom. The monoisotopic (exact) mass is 298 g/mol. The van der Waals surface area contributed by atoms with Gasteiger partial charge in [-0.3, -0.25) is 0 Å². The number of aromatic amines is 1. The van der Waals surface area contributed by atoms with Crippen LogP contribution in [0, 0.1) is 0 Å². The molecule has 22 heavy (non-hydrogen) atoms. The molecule has 3 aromatic rings. The number of benzene rings is 2. The van der Waals surface area contributed by atoms with E-state index in [2.05, 4.69) is 20.7 Å². The summed E-state index contributed by atoms with van der Waals surface area (Å²) in [6.45, 7) is 3.22. The molecule has 0 saturated heterocycles. The van der Waals surface area contributed by atoms with Crippen molar-refractivity contribution >= 4 is 16.7 Å². The van der Waals surface area contributed by atoms with Crippen LogP contribution in [0.3, 0.4) is 0 Å². The van der Waals surface area contributed by atoms with Gasteiger partial charge in [-0.25, -0.2) is 0 Å². The van der Waals surface area contributed by atoms with Crippen LogP contribution in [0.1, 0.15) is 12.5 Å². The fourth-order valence-corrected chi connectivity index (χ4v) is 2.31. The number of aromatic nitrogens is 3. The average Bonchev–Trinajstić information content (AvgIpc) is 3.02. The van der Waals surface area contributed by atoms with E-state index in [-0.39, 0.29) is 0 Å². The van der Waals surface area contributed by atoms with Crippen molar-refractivity contribution in [1.29, 1.82) is 0 Å². The molecule has 0 bridgehead atoms. The minimum Gasteiger partial charge on any atom is -0.493 e. The number of hydrogen-bond donors (Lipinski definition) is 2. The van der Waals surface area contributed by atoms with Gasteiger partial charge in [0.2, 0.25) is 0 Å². The van der Waals surface area contributed by atoms with E-state index in [0.717, 1.165) is 33.8 Å². The van der Waals surface area contributed by atoms with E-state index in [9.17, 15) is 0 Å². The van der Waals surface area contributed by atoms with Gasteiger partial charge in [0.25, 0.3) is 0 Å². The molecule has 2 aromatic carbocycles. The van der Waals surface area contributed by atoms with Gasteiger partial charge in [-0.05, 0) is 36.8 Å². The number of hydrogen-bond acceptors (Lipinski definition) is 5. The van der Waals surface area contributed by atoms with Crippen LogP contribution in [0.15, 0.2) is 36.4 Å². The third-order valence-corrected chi connectivity index (χ3v) is 3.36. The molecule has 1 heterocycles. The summed E-state index contributed by atoms with van der Waals surface area (Å²) < 4.78 is 10.9. The molecule has 0 spiro atoms. The first-order valence-electron chi connectivity index (χ1n) is 7.15. The van der Waals surface area contributed by atoms with Gasteiger partial charge in [0.1, 0.15) is 11.0 Å². The first-order valence-corrected chi connectivity index (χ1v) is 7.15. The Hall–Kier alpha value is -2.76. The van der Waals surface area contributed by atoms with Crippen LogP contribution in [0.25, 0.3) is 11.0 Å². The van der Waals surface area contributed by atoms with Crippen molar-refractivity contribution in [1.82, 2.24) is 15.4 Å². The molecule has 3 rings (SSSR count). The van der Waals surface area contributed by atoms with Crippen molar-refractivity contribution in [2.45, 2.75) is 13.5 Å². The summed E-state index contributed by atoms with van der Waals surface area (Å²) in [6, 6.07) is 11.8. The number of fused-ring (bicyclic) bond motifs is 1. The van der Waals surface area contributed by atoms with E-state index >= 15 is 0 Å². The maximum absolute atomic E-state index is 5.60. The second-order valence-corrected chi connectivity index (χ2v) is 4.77. The van der Waals surface area contributed by atoms with Crippen molar-refractivity contribution in [3.8, 4) is 11.5 Å². The van der Waals surface area contributed by atoms with Gasteiger partial charge in [0, 0.05) is 6.54 Å². The topological polar surface area (TPSA) is 72.1 Å². The summed E-state index contributed by atoms with van der Waals surface area (Å²) in [7, 11) is 1.64. The van der Waals surface area contributed by atoms with Crippen LogP contribution in [0.2, 0.25) is 0 Å². The van der Waals surface area contributed by atoms with Gasteiger partial charge in [-0.15, -0.1) is 0 Å². The lowest BCUT2D eigenvalue weighted by Crippen LogP contribution is -2.02. The highest BCUT2D eigenvalue weighted by Gasteiger charge is 2.07. The number of H-pyrrole nitrogens is 1. The molecule has 0 amide bonds. The first-order chi connectivity index (χ1) is 10.8. The Morgan fingerprint density at radius 2 is 2.05 bits per heavy atom. The molecule has 0 atom stereocenters. The maximum Gasteiger partial charge on any atom is 0.161 e. The lowest BCUT2D eigenvalue weighted by molar-refractivity contribution is 0.310. The molecule has 6 heteroatoms. The number of nitrogens with zero attached hydrogens (tertiary/aromatic N) is 2. The van der Waals surface area contributed by atoms with Crippen molar-refractivity contribution in [2.24, 2.45) is 0 Å². The Labute approximate surface area is 128 Å². The van der Waals surface area contributed by atoms with E-state index in [1.54, 1.807) is 7.11 Å². The number of rotatable bonds is 6. The molecular weight excluding hydrogens is 280 g/mol. The summed E-state index contributed by atoms with van der Waals surface area (Å²) in [6.07, 6.45) is 0. The molecule has 0 radical (unpaired) electrons. The minimum absolute atomic E-state index is 0.603. The highest BCUT2D eigenvalue weighted by Crippen LogP contribution is 2.28. The van der Waals surface area contributed by atoms with E-state index in [0.29, 0.717) is 13.2 Å². The van der Waals surface area contributed by atoms with Crippen LogP contribution < -0.4 is 14.8 Å². The van der Waals surface area contributed by atoms with Crippen LogP contribution >= 0.6 is 0 Å². The number of ether oxygens (including phenoxy) is 2. The molecule has 0 saturated carbocycles. The molecule has 2 N–H and O–H groups in total. The molecule has 114 valence electrons. The summed E-state index contributed by atoms with van der Waals surface area (Å²) in [5.74, 6) is 1.49. The summed E-state index contributed by atoms with van der Waals surface area (Å²) in [4.78, 5) is 0. The molecular formula is C16H18N4O2. The first kappa shape index (κ1) is 14.2. The van der Waals surface area contributed by atoms with Gasteiger partial charge in [-0.1, -0.05) is 12.1 Å². The molecule has 0 aliphatic rings. The normalized spacial score (nSPS) is 10.6. The number of para-hydroxylation sites is 1. The van der Waals surface area contributed by atoms with E-state index in [4.69, 9.17) is 9.47 Å². The second-order valence-electron chi connectivity index (χ2n) is 4.77. The molecule has 0 aliphatic carbocycles. The van der Waals surface area contributed by atoms with Crippen molar-refractivity contribution in [2.75, 3.05) is 19.0 Å². The zero-order valence-electron chi connectivity index (χ0n) is 12.6. The predicted octanol–water partition coefficient (Wildman–Crippen LogP) is 2.98. The van der Waals surface area contributed by atoms with Crippen LogP contribution in [0.5, 0.6) is 11.5 Å². The van der Waals surface area contributed by atoms with E-state index in [1.807, 2.05) is 43.3 Å². The van der Waals surface area contributed by atoms with Crippen LogP contribution in [0.4, 0.5) is 5.69 Å². The zero-order valence-corrected chi connectivity index (χ0v) is 12.6. The fraction of sp³-hybridized carbons (Fsp3) is 0.250. The standard InChI is InChI=1S/C16H18N4O2/c1-3-22-15-9-11(7-8-14(15)21-2)10-17-12-5-4-6-13-16(12)19-20-18-13/h4-9,17H,3,10H2,1-2H3,(H,18,19,20). The lowest BCUT2D eigenvalue weighted by atomic mass is 10.2. The fourth-order valence-electron chi connectivity index (χ4n) is 2.31. The Bertz CT molecular complexity index is 770. The van der Waals surface area contributed by atoms with Gasteiger partial charge in [0.05, 0.1) is 19.4 Å². The number of methoxy groups -OCH3 is 1. The molecule has 0 unspecified atom stereocenters. The van der Waals surface area contributed by atoms with Crippen molar-refractivity contribution in [3.63, 3.8) is 0 Å². The van der Waals surface area contributed by atoms with Gasteiger partial charge in [0.15, 0.2) is 11.5 Å². The van der Waals surface area contributed by atoms with Crippen LogP contribution in [-0.2, 0) is 6.54 Å². The SMILES string of the molecule is CCOc1cc(CNc2cccc3n[nH]nc23)ccc1OC. The summed E-state index contributed by atoms with van der Waals surface area (Å²) in [5.41, 5.74) is 3.72. The van der Waals surface area contributed by atoms with Crippen molar-refractivity contribution in [3.05, 3.63) is 42.0 Å². The predicted molar refractivity (Wildman–Crippen MR) is 85.4 cm³/mol. The van der Waals surface area contributed by atoms with E-state index < -0.39 is 0 Å². The molecule has 6 nitrogen and oxygen atoms in total. The summed E-state index contributed by atoms with van der Waals surface area (Å²) >= 11 is 0. The average molecular weight is 298 g/mol. The lowest BCUT2D eigenvalue weighted by Gasteiger charge is -2.12. The van der Waals surface area contributed by atoms with Gasteiger partial charge in [-0.2, -0.15) is 15.4 Å².